The fourth-order valence-corrected chi connectivity index (χ4v) is 3.29. The molecular formula is C12H17N5OS. The third kappa shape index (κ3) is 2.63. The number of nitrogens with two attached hydrogens (primary N) is 1. The average Bonchev–Trinajstić information content (AvgIpc) is 3.04. The lowest BCUT2D eigenvalue weighted by atomic mass is 10.1. The van der Waals surface area contributed by atoms with Gasteiger partial charge in [-0.3, -0.25) is 5.43 Å². The van der Waals surface area contributed by atoms with E-state index in [0.29, 0.717) is 11.9 Å². The molecule has 19 heavy (non-hydrogen) atoms. The zero-order valence-corrected chi connectivity index (χ0v) is 11.3. The number of thiophene rings is 1. The normalized spacial score (nSPS) is 22.8. The minimum Gasteiger partial charge on any atom is -0.393 e. The van der Waals surface area contributed by atoms with Crippen LogP contribution in [0.4, 0.5) is 11.8 Å². The molecule has 2 aromatic heterocycles. The van der Waals surface area contributed by atoms with Crippen LogP contribution >= 0.6 is 11.3 Å². The van der Waals surface area contributed by atoms with E-state index in [0.717, 1.165) is 41.8 Å². The first kappa shape index (κ1) is 12.6. The second-order valence-electron chi connectivity index (χ2n) is 4.89. The lowest BCUT2D eigenvalue weighted by Gasteiger charge is -2.12. The van der Waals surface area contributed by atoms with Gasteiger partial charge in [0.05, 0.1) is 11.5 Å². The van der Waals surface area contributed by atoms with Crippen LogP contribution in [0.1, 0.15) is 19.3 Å². The summed E-state index contributed by atoms with van der Waals surface area (Å²) in [5.74, 6) is 7.12. The molecule has 2 unspecified atom stereocenters. The van der Waals surface area contributed by atoms with Gasteiger partial charge in [0.25, 0.3) is 0 Å². The number of hydrazine groups is 1. The molecule has 102 valence electrons. The molecule has 0 spiro atoms. The molecule has 0 aromatic carbocycles. The Hall–Kier alpha value is -1.44. The van der Waals surface area contributed by atoms with Crippen molar-refractivity contribution >= 4 is 33.3 Å². The van der Waals surface area contributed by atoms with Gasteiger partial charge in [0, 0.05) is 6.54 Å². The largest absolute Gasteiger partial charge is 0.393 e. The zero-order valence-electron chi connectivity index (χ0n) is 10.5. The molecule has 0 aliphatic heterocycles. The van der Waals surface area contributed by atoms with Gasteiger partial charge >= 0.3 is 0 Å². The molecular weight excluding hydrogens is 262 g/mol. The number of fused-ring (bicyclic) bond motifs is 1. The van der Waals surface area contributed by atoms with Crippen LogP contribution in [0.2, 0.25) is 0 Å². The summed E-state index contributed by atoms with van der Waals surface area (Å²) in [4.78, 5) is 9.57. The Kier molecular flexibility index (Phi) is 3.50. The highest BCUT2D eigenvalue weighted by atomic mass is 32.1. The van der Waals surface area contributed by atoms with Crippen molar-refractivity contribution in [1.82, 2.24) is 9.97 Å². The fraction of sp³-hybridized carbons (Fsp3) is 0.500. The van der Waals surface area contributed by atoms with E-state index < -0.39 is 0 Å². The number of aliphatic hydroxyl groups excluding tert-OH is 1. The summed E-state index contributed by atoms with van der Waals surface area (Å²) in [5.41, 5.74) is 2.49. The van der Waals surface area contributed by atoms with Crippen LogP contribution in [0.3, 0.4) is 0 Å². The predicted molar refractivity (Wildman–Crippen MR) is 77.1 cm³/mol. The Morgan fingerprint density at radius 3 is 3.05 bits per heavy atom. The third-order valence-corrected chi connectivity index (χ3v) is 4.33. The van der Waals surface area contributed by atoms with Crippen LogP contribution in [0, 0.1) is 5.92 Å². The van der Waals surface area contributed by atoms with Gasteiger partial charge < -0.3 is 10.4 Å². The topological polar surface area (TPSA) is 96.1 Å². The monoisotopic (exact) mass is 279 g/mol. The molecule has 6 nitrogen and oxygen atoms in total. The number of nitrogens with one attached hydrogen (secondary N) is 2. The molecule has 0 amide bonds. The SMILES string of the molecule is NNc1nc(NCC2CCC(O)C2)c2ccsc2n1. The van der Waals surface area contributed by atoms with E-state index in [1.165, 1.54) is 0 Å². The van der Waals surface area contributed by atoms with Gasteiger partial charge in [-0.15, -0.1) is 11.3 Å². The average molecular weight is 279 g/mol. The molecule has 1 aliphatic carbocycles. The zero-order chi connectivity index (χ0) is 13.2. The Morgan fingerprint density at radius 2 is 2.32 bits per heavy atom. The van der Waals surface area contributed by atoms with Crippen molar-refractivity contribution in [2.45, 2.75) is 25.4 Å². The van der Waals surface area contributed by atoms with Gasteiger partial charge in [-0.05, 0) is 36.6 Å². The smallest absolute Gasteiger partial charge is 0.240 e. The highest BCUT2D eigenvalue weighted by Gasteiger charge is 2.22. The van der Waals surface area contributed by atoms with E-state index in [1.807, 2.05) is 11.4 Å². The molecule has 7 heteroatoms. The van der Waals surface area contributed by atoms with E-state index in [4.69, 9.17) is 5.84 Å². The molecule has 3 rings (SSSR count). The van der Waals surface area contributed by atoms with Crippen molar-refractivity contribution in [3.8, 4) is 0 Å². The van der Waals surface area contributed by atoms with Crippen LogP contribution in [0.25, 0.3) is 10.2 Å². The van der Waals surface area contributed by atoms with Gasteiger partial charge in [-0.2, -0.15) is 4.98 Å². The maximum Gasteiger partial charge on any atom is 0.240 e. The lowest BCUT2D eigenvalue weighted by molar-refractivity contribution is 0.178. The van der Waals surface area contributed by atoms with E-state index in [9.17, 15) is 5.11 Å². The summed E-state index contributed by atoms with van der Waals surface area (Å²) in [6, 6.07) is 2.01. The minimum absolute atomic E-state index is 0.139. The highest BCUT2D eigenvalue weighted by molar-refractivity contribution is 7.16. The van der Waals surface area contributed by atoms with Crippen molar-refractivity contribution in [3.63, 3.8) is 0 Å². The van der Waals surface area contributed by atoms with Crippen molar-refractivity contribution in [2.75, 3.05) is 17.3 Å². The molecule has 0 saturated heterocycles. The molecule has 5 N–H and O–H groups in total. The number of nitrogen functional groups attached to an aromatic ring is 1. The fourth-order valence-electron chi connectivity index (χ4n) is 2.53. The van der Waals surface area contributed by atoms with Crippen molar-refractivity contribution in [1.29, 1.82) is 0 Å². The van der Waals surface area contributed by atoms with Gasteiger partial charge in [0.15, 0.2) is 0 Å². The molecule has 0 radical (unpaired) electrons. The van der Waals surface area contributed by atoms with Crippen LogP contribution < -0.4 is 16.6 Å². The van der Waals surface area contributed by atoms with Gasteiger partial charge in [0.1, 0.15) is 10.6 Å². The molecule has 1 fully saturated rings. The van der Waals surface area contributed by atoms with E-state index in [1.54, 1.807) is 11.3 Å². The first-order valence-electron chi connectivity index (χ1n) is 6.40. The predicted octanol–water partition coefficient (Wildman–Crippen LogP) is 1.55. The molecule has 2 atom stereocenters. The first-order valence-corrected chi connectivity index (χ1v) is 7.28. The summed E-state index contributed by atoms with van der Waals surface area (Å²) in [5, 5.41) is 15.9. The second kappa shape index (κ2) is 5.28. The summed E-state index contributed by atoms with van der Waals surface area (Å²) in [6.07, 6.45) is 2.69. The molecule has 2 heterocycles. The Balaban J connectivity index is 1.77. The maximum atomic E-state index is 9.54. The van der Waals surface area contributed by atoms with Crippen LogP contribution in [-0.2, 0) is 0 Å². The second-order valence-corrected chi connectivity index (χ2v) is 5.79. The third-order valence-electron chi connectivity index (χ3n) is 3.53. The van der Waals surface area contributed by atoms with E-state index in [2.05, 4.69) is 20.7 Å². The number of aliphatic hydroxyl groups is 1. The number of aromatic nitrogens is 2. The highest BCUT2D eigenvalue weighted by Crippen LogP contribution is 2.29. The Labute approximate surface area is 115 Å². The maximum absolute atomic E-state index is 9.54. The summed E-state index contributed by atoms with van der Waals surface area (Å²) < 4.78 is 0. The van der Waals surface area contributed by atoms with Crippen molar-refractivity contribution in [2.24, 2.45) is 11.8 Å². The minimum atomic E-state index is -0.139. The Morgan fingerprint density at radius 1 is 1.42 bits per heavy atom. The quantitative estimate of drug-likeness (QED) is 0.501. The summed E-state index contributed by atoms with van der Waals surface area (Å²) >= 11 is 1.56. The van der Waals surface area contributed by atoms with E-state index >= 15 is 0 Å². The first-order chi connectivity index (χ1) is 9.26. The number of anilines is 2. The van der Waals surface area contributed by atoms with Crippen molar-refractivity contribution < 1.29 is 5.11 Å². The summed E-state index contributed by atoms with van der Waals surface area (Å²) in [7, 11) is 0. The van der Waals surface area contributed by atoms with Gasteiger partial charge in [-0.25, -0.2) is 10.8 Å². The number of hydrogen-bond donors (Lipinski definition) is 4. The van der Waals surface area contributed by atoms with Crippen LogP contribution in [0.15, 0.2) is 11.4 Å². The summed E-state index contributed by atoms with van der Waals surface area (Å²) in [6.45, 7) is 0.822. The van der Waals surface area contributed by atoms with Crippen LogP contribution in [-0.4, -0.2) is 27.7 Å². The molecule has 1 aliphatic rings. The number of hydrogen-bond acceptors (Lipinski definition) is 7. The standard InChI is InChI=1S/C12H17N5OS/c13-17-12-15-10(9-3-4-19-11(9)16-12)14-6-7-1-2-8(18)5-7/h3-4,7-8,18H,1-2,5-6,13H2,(H2,14,15,16,17). The molecule has 0 bridgehead atoms. The van der Waals surface area contributed by atoms with Crippen molar-refractivity contribution in [3.05, 3.63) is 11.4 Å². The van der Waals surface area contributed by atoms with Gasteiger partial charge in [-0.1, -0.05) is 0 Å². The number of rotatable bonds is 4. The number of nitrogens with zero attached hydrogens (tertiary/aromatic N) is 2. The molecule has 2 aromatic rings. The Bertz CT molecular complexity index is 572. The molecule has 1 saturated carbocycles. The van der Waals surface area contributed by atoms with Gasteiger partial charge in [0.2, 0.25) is 5.95 Å². The van der Waals surface area contributed by atoms with E-state index in [-0.39, 0.29) is 6.10 Å². The lowest BCUT2D eigenvalue weighted by Crippen LogP contribution is -2.15. The van der Waals surface area contributed by atoms with Crippen LogP contribution in [0.5, 0.6) is 0 Å².